The van der Waals surface area contributed by atoms with Crippen LogP contribution in [0.3, 0.4) is 0 Å². The maximum atomic E-state index is 13.8. The van der Waals surface area contributed by atoms with Crippen LogP contribution in [0.2, 0.25) is 0 Å². The van der Waals surface area contributed by atoms with E-state index in [4.69, 9.17) is 4.74 Å². The number of piperidine rings is 1. The molecule has 0 bridgehead atoms. The number of rotatable bonds is 7. The number of likely N-dealkylation sites (tertiary alicyclic amines) is 1. The van der Waals surface area contributed by atoms with E-state index in [1.807, 2.05) is 0 Å². The summed E-state index contributed by atoms with van der Waals surface area (Å²) < 4.78 is 5.64. The Bertz CT molecular complexity index is 925. The topological polar surface area (TPSA) is 41.6 Å². The molecule has 0 radical (unpaired) electrons. The van der Waals surface area contributed by atoms with E-state index in [1.54, 1.807) is 7.11 Å². The standard InChI is InChI=1S/C29H40N2O2/c1-4-23-9-5-6-11-27(23)24-10-7-8-22(20-24)21-29(16-12-26(33-3)13-17-29)28(32)30-25-14-18-31(2)19-15-25/h5-11,20,25-26H,4,12-19,21H2,1-3H3,(H,30,32). The van der Waals surface area contributed by atoms with Crippen LogP contribution in [0.5, 0.6) is 0 Å². The molecular formula is C29H40N2O2. The van der Waals surface area contributed by atoms with Crippen LogP contribution in [-0.4, -0.2) is 50.2 Å². The van der Waals surface area contributed by atoms with E-state index in [0.717, 1.165) is 64.5 Å². The van der Waals surface area contributed by atoms with Crippen molar-refractivity contribution in [3.63, 3.8) is 0 Å². The first-order chi connectivity index (χ1) is 16.0. The molecule has 1 saturated heterocycles. The first kappa shape index (κ1) is 24.0. The number of amides is 1. The van der Waals surface area contributed by atoms with E-state index in [2.05, 4.69) is 72.7 Å². The van der Waals surface area contributed by atoms with Crippen LogP contribution >= 0.6 is 0 Å². The van der Waals surface area contributed by atoms with Crippen molar-refractivity contribution in [2.75, 3.05) is 27.2 Å². The Balaban J connectivity index is 1.56. The summed E-state index contributed by atoms with van der Waals surface area (Å²) >= 11 is 0. The summed E-state index contributed by atoms with van der Waals surface area (Å²) in [5.74, 6) is 0.256. The highest BCUT2D eigenvalue weighted by Gasteiger charge is 2.42. The minimum Gasteiger partial charge on any atom is -0.381 e. The summed E-state index contributed by atoms with van der Waals surface area (Å²) in [5.41, 5.74) is 4.83. The third kappa shape index (κ3) is 5.67. The molecule has 4 heteroatoms. The van der Waals surface area contributed by atoms with Crippen molar-refractivity contribution in [3.8, 4) is 11.1 Å². The number of hydrogen-bond donors (Lipinski definition) is 1. The fourth-order valence-corrected chi connectivity index (χ4v) is 5.70. The molecule has 1 aliphatic carbocycles. The molecule has 1 amide bonds. The molecule has 4 nitrogen and oxygen atoms in total. The molecule has 1 aliphatic heterocycles. The van der Waals surface area contributed by atoms with E-state index >= 15 is 0 Å². The molecule has 2 aromatic rings. The summed E-state index contributed by atoms with van der Waals surface area (Å²) in [6.07, 6.45) is 7.86. The quantitative estimate of drug-likeness (QED) is 0.629. The number of aryl methyl sites for hydroxylation is 1. The predicted octanol–water partition coefficient (Wildman–Crippen LogP) is 5.24. The Labute approximate surface area is 199 Å². The Morgan fingerprint density at radius 2 is 1.79 bits per heavy atom. The largest absolute Gasteiger partial charge is 0.381 e. The maximum Gasteiger partial charge on any atom is 0.226 e. The molecule has 0 unspecified atom stereocenters. The second kappa shape index (κ2) is 10.8. The van der Waals surface area contributed by atoms with E-state index in [1.165, 1.54) is 22.3 Å². The van der Waals surface area contributed by atoms with Gasteiger partial charge in [0.1, 0.15) is 0 Å². The number of methoxy groups -OCH3 is 1. The summed E-state index contributed by atoms with van der Waals surface area (Å²) in [7, 11) is 3.96. The van der Waals surface area contributed by atoms with Crippen LogP contribution in [0.4, 0.5) is 0 Å². The zero-order chi connectivity index (χ0) is 23.3. The lowest BCUT2D eigenvalue weighted by molar-refractivity contribution is -0.135. The number of benzene rings is 2. The van der Waals surface area contributed by atoms with Gasteiger partial charge in [-0.05, 0) is 93.8 Å². The molecule has 0 atom stereocenters. The second-order valence-corrected chi connectivity index (χ2v) is 10.2. The van der Waals surface area contributed by atoms with Gasteiger partial charge < -0.3 is 15.0 Å². The van der Waals surface area contributed by atoms with Gasteiger partial charge in [-0.3, -0.25) is 4.79 Å². The van der Waals surface area contributed by atoms with Crippen LogP contribution in [0.15, 0.2) is 48.5 Å². The Kier molecular flexibility index (Phi) is 7.87. The first-order valence-electron chi connectivity index (χ1n) is 12.7. The van der Waals surface area contributed by atoms with E-state index < -0.39 is 0 Å². The van der Waals surface area contributed by atoms with Gasteiger partial charge in [0.15, 0.2) is 0 Å². The average molecular weight is 449 g/mol. The molecule has 1 saturated carbocycles. The number of carbonyl (C=O) groups excluding carboxylic acids is 1. The van der Waals surface area contributed by atoms with Crippen molar-refractivity contribution in [1.29, 1.82) is 0 Å². The van der Waals surface area contributed by atoms with Crippen LogP contribution < -0.4 is 5.32 Å². The number of nitrogens with zero attached hydrogens (tertiary/aromatic N) is 1. The van der Waals surface area contributed by atoms with Crippen molar-refractivity contribution in [2.45, 2.75) is 70.4 Å². The van der Waals surface area contributed by atoms with Crippen LogP contribution in [0, 0.1) is 5.41 Å². The summed E-state index contributed by atoms with van der Waals surface area (Å²) in [5, 5.41) is 3.46. The van der Waals surface area contributed by atoms with Gasteiger partial charge in [-0.2, -0.15) is 0 Å². The minimum absolute atomic E-state index is 0.256. The van der Waals surface area contributed by atoms with Gasteiger partial charge >= 0.3 is 0 Å². The lowest BCUT2D eigenvalue weighted by atomic mass is 9.68. The third-order valence-electron chi connectivity index (χ3n) is 7.94. The molecule has 178 valence electrons. The van der Waals surface area contributed by atoms with Crippen LogP contribution in [0.25, 0.3) is 11.1 Å². The lowest BCUT2D eigenvalue weighted by Crippen LogP contribution is -2.51. The minimum atomic E-state index is -0.346. The normalized spacial score (nSPS) is 24.5. The highest BCUT2D eigenvalue weighted by Crippen LogP contribution is 2.41. The number of ether oxygens (including phenoxy) is 1. The molecular weight excluding hydrogens is 408 g/mol. The molecule has 1 heterocycles. The highest BCUT2D eigenvalue weighted by molar-refractivity contribution is 5.83. The molecule has 2 aromatic carbocycles. The number of carbonyl (C=O) groups is 1. The van der Waals surface area contributed by atoms with Gasteiger partial charge in [0.05, 0.1) is 11.5 Å². The van der Waals surface area contributed by atoms with E-state index in [-0.39, 0.29) is 17.4 Å². The zero-order valence-corrected chi connectivity index (χ0v) is 20.6. The van der Waals surface area contributed by atoms with Gasteiger partial charge in [0.25, 0.3) is 0 Å². The number of nitrogens with one attached hydrogen (secondary N) is 1. The van der Waals surface area contributed by atoms with Crippen LogP contribution in [-0.2, 0) is 22.4 Å². The Hall–Kier alpha value is -2.17. The zero-order valence-electron chi connectivity index (χ0n) is 20.6. The van der Waals surface area contributed by atoms with E-state index in [9.17, 15) is 4.79 Å². The molecule has 1 N–H and O–H groups in total. The SMILES string of the molecule is CCc1ccccc1-c1cccc(CC2(C(=O)NC3CCN(C)CC3)CCC(OC)CC2)c1. The third-order valence-corrected chi connectivity index (χ3v) is 7.94. The van der Waals surface area contributed by atoms with Crippen molar-refractivity contribution in [1.82, 2.24) is 10.2 Å². The molecule has 0 spiro atoms. The average Bonchev–Trinajstić information content (AvgIpc) is 2.86. The fraction of sp³-hybridized carbons (Fsp3) is 0.552. The summed E-state index contributed by atoms with van der Waals surface area (Å²) in [6, 6.07) is 17.8. The van der Waals surface area contributed by atoms with Crippen molar-refractivity contribution in [2.24, 2.45) is 5.41 Å². The van der Waals surface area contributed by atoms with Gasteiger partial charge in [0, 0.05) is 13.2 Å². The Morgan fingerprint density at radius 3 is 2.48 bits per heavy atom. The second-order valence-electron chi connectivity index (χ2n) is 10.2. The van der Waals surface area contributed by atoms with Gasteiger partial charge in [-0.15, -0.1) is 0 Å². The monoisotopic (exact) mass is 448 g/mol. The molecule has 0 aromatic heterocycles. The Morgan fingerprint density at radius 1 is 1.06 bits per heavy atom. The summed E-state index contributed by atoms with van der Waals surface area (Å²) in [4.78, 5) is 16.1. The molecule has 2 aliphatic rings. The van der Waals surface area contributed by atoms with Gasteiger partial charge in [-0.1, -0.05) is 55.5 Å². The van der Waals surface area contributed by atoms with Crippen molar-refractivity contribution in [3.05, 3.63) is 59.7 Å². The highest BCUT2D eigenvalue weighted by atomic mass is 16.5. The molecule has 33 heavy (non-hydrogen) atoms. The first-order valence-corrected chi connectivity index (χ1v) is 12.7. The molecule has 2 fully saturated rings. The van der Waals surface area contributed by atoms with Gasteiger partial charge in [0.2, 0.25) is 5.91 Å². The maximum absolute atomic E-state index is 13.8. The van der Waals surface area contributed by atoms with Crippen molar-refractivity contribution >= 4 is 5.91 Å². The van der Waals surface area contributed by atoms with E-state index in [0.29, 0.717) is 6.04 Å². The lowest BCUT2D eigenvalue weighted by Gasteiger charge is -2.40. The summed E-state index contributed by atoms with van der Waals surface area (Å²) in [6.45, 7) is 4.32. The smallest absolute Gasteiger partial charge is 0.226 e. The van der Waals surface area contributed by atoms with Crippen LogP contribution in [0.1, 0.15) is 56.6 Å². The number of hydrogen-bond acceptors (Lipinski definition) is 3. The molecule has 4 rings (SSSR count). The van der Waals surface area contributed by atoms with Crippen molar-refractivity contribution < 1.29 is 9.53 Å². The predicted molar refractivity (Wildman–Crippen MR) is 135 cm³/mol. The fourth-order valence-electron chi connectivity index (χ4n) is 5.70. The van der Waals surface area contributed by atoms with Gasteiger partial charge in [-0.25, -0.2) is 0 Å².